The zero-order chi connectivity index (χ0) is 10.8. The molecular formula is C14H22Cl2NTi. The maximum absolute atomic E-state index is 3.74. The summed E-state index contributed by atoms with van der Waals surface area (Å²) in [5, 5.41) is 3.74. The molecular weight excluding hydrogens is 301 g/mol. The van der Waals surface area contributed by atoms with Crippen molar-refractivity contribution in [2.24, 2.45) is 5.92 Å². The van der Waals surface area contributed by atoms with Crippen LogP contribution in [0.25, 0.3) is 0 Å². The second-order valence-corrected chi connectivity index (χ2v) is 5.01. The van der Waals surface area contributed by atoms with Crippen molar-refractivity contribution in [2.45, 2.75) is 58.9 Å². The number of nitrogens with one attached hydrogen (secondary N) is 1. The van der Waals surface area contributed by atoms with Gasteiger partial charge in [0.1, 0.15) is 0 Å². The number of hydrogen-bond acceptors (Lipinski definition) is 1. The van der Waals surface area contributed by atoms with Crippen molar-refractivity contribution in [3.05, 3.63) is 22.9 Å². The van der Waals surface area contributed by atoms with Crippen molar-refractivity contribution in [2.75, 3.05) is 0 Å². The molecule has 0 spiro atoms. The van der Waals surface area contributed by atoms with Crippen LogP contribution in [0.1, 0.15) is 52.9 Å². The van der Waals surface area contributed by atoms with Crippen LogP contribution in [0, 0.1) is 12.0 Å². The molecule has 2 aliphatic rings. The SMILES string of the molecule is CC1=[C-]C(C)C(NC2CCCCC2)=C1C.[Cl-].[Cl-].[Ti+3]. The molecule has 1 fully saturated rings. The van der Waals surface area contributed by atoms with Gasteiger partial charge in [0.15, 0.2) is 0 Å². The van der Waals surface area contributed by atoms with E-state index in [9.17, 15) is 0 Å². The topological polar surface area (TPSA) is 12.0 Å². The van der Waals surface area contributed by atoms with Crippen LogP contribution in [0.2, 0.25) is 0 Å². The number of hydrogen-bond donors (Lipinski definition) is 1. The zero-order valence-electron chi connectivity index (χ0n) is 11.4. The fourth-order valence-electron chi connectivity index (χ4n) is 2.73. The van der Waals surface area contributed by atoms with Crippen LogP contribution in [-0.2, 0) is 21.7 Å². The van der Waals surface area contributed by atoms with Gasteiger partial charge in [-0.25, -0.2) is 5.57 Å². The molecule has 0 aliphatic heterocycles. The van der Waals surface area contributed by atoms with Gasteiger partial charge in [0.2, 0.25) is 0 Å². The van der Waals surface area contributed by atoms with Gasteiger partial charge in [0, 0.05) is 6.04 Å². The quantitative estimate of drug-likeness (QED) is 0.441. The van der Waals surface area contributed by atoms with Crippen LogP contribution in [0.15, 0.2) is 16.8 Å². The Morgan fingerprint density at radius 1 is 1.06 bits per heavy atom. The Kier molecular flexibility index (Phi) is 11.0. The molecule has 0 aromatic carbocycles. The van der Waals surface area contributed by atoms with Crippen LogP contribution in [0.5, 0.6) is 0 Å². The van der Waals surface area contributed by atoms with Gasteiger partial charge in [0.05, 0.1) is 0 Å². The molecule has 101 valence electrons. The van der Waals surface area contributed by atoms with Crippen molar-refractivity contribution in [1.82, 2.24) is 5.32 Å². The molecule has 0 bridgehead atoms. The number of allylic oxidation sites excluding steroid dienone is 3. The van der Waals surface area contributed by atoms with Crippen molar-refractivity contribution < 1.29 is 46.5 Å². The van der Waals surface area contributed by atoms with E-state index in [2.05, 4.69) is 32.2 Å². The van der Waals surface area contributed by atoms with Gasteiger partial charge >= 0.3 is 21.7 Å². The minimum absolute atomic E-state index is 0. The normalized spacial score (nSPS) is 23.5. The molecule has 0 aromatic rings. The Balaban J connectivity index is 0. The summed E-state index contributed by atoms with van der Waals surface area (Å²) in [6, 6.07) is 0.721. The number of rotatable bonds is 2. The van der Waals surface area contributed by atoms with E-state index < -0.39 is 0 Å². The van der Waals surface area contributed by atoms with Gasteiger partial charge in [0.25, 0.3) is 0 Å². The average molecular weight is 323 g/mol. The predicted octanol–water partition coefficient (Wildman–Crippen LogP) is -2.41. The summed E-state index contributed by atoms with van der Waals surface area (Å²) in [6.07, 6.45) is 10.4. The molecule has 1 atom stereocenters. The summed E-state index contributed by atoms with van der Waals surface area (Å²) in [5.41, 5.74) is 4.19. The molecule has 1 unspecified atom stereocenters. The van der Waals surface area contributed by atoms with Crippen LogP contribution in [-0.4, -0.2) is 6.04 Å². The molecule has 2 rings (SSSR count). The van der Waals surface area contributed by atoms with Crippen molar-refractivity contribution in [3.63, 3.8) is 0 Å². The maximum atomic E-state index is 3.74. The van der Waals surface area contributed by atoms with Crippen molar-refractivity contribution >= 4 is 0 Å². The maximum Gasteiger partial charge on any atom is 3.00 e. The molecule has 0 amide bonds. The first-order chi connectivity index (χ1) is 7.18. The molecule has 18 heavy (non-hydrogen) atoms. The minimum atomic E-state index is 0. The van der Waals surface area contributed by atoms with Crippen molar-refractivity contribution in [1.29, 1.82) is 0 Å². The van der Waals surface area contributed by atoms with E-state index in [4.69, 9.17) is 0 Å². The van der Waals surface area contributed by atoms with Crippen LogP contribution >= 0.6 is 0 Å². The van der Waals surface area contributed by atoms with Gasteiger partial charge in [-0.2, -0.15) is 5.57 Å². The molecule has 4 heteroatoms. The molecule has 2 aliphatic carbocycles. The predicted molar refractivity (Wildman–Crippen MR) is 64.3 cm³/mol. The van der Waals surface area contributed by atoms with E-state index in [0.717, 1.165) is 6.04 Å². The summed E-state index contributed by atoms with van der Waals surface area (Å²) in [7, 11) is 0. The van der Waals surface area contributed by atoms with E-state index in [1.165, 1.54) is 48.9 Å². The summed E-state index contributed by atoms with van der Waals surface area (Å²) in [5.74, 6) is 0.479. The fraction of sp³-hybridized carbons (Fsp3) is 0.714. The first kappa shape index (κ1) is 20.9. The summed E-state index contributed by atoms with van der Waals surface area (Å²) in [6.45, 7) is 6.63. The largest absolute Gasteiger partial charge is 3.00 e. The van der Waals surface area contributed by atoms with Crippen LogP contribution < -0.4 is 30.1 Å². The summed E-state index contributed by atoms with van der Waals surface area (Å²) >= 11 is 0. The van der Waals surface area contributed by atoms with E-state index in [1.54, 1.807) is 0 Å². The van der Waals surface area contributed by atoms with Gasteiger partial charge in [-0.15, -0.1) is 6.92 Å². The molecule has 1 radical (unpaired) electrons. The first-order valence-corrected chi connectivity index (χ1v) is 6.26. The van der Waals surface area contributed by atoms with Crippen LogP contribution in [0.3, 0.4) is 0 Å². The van der Waals surface area contributed by atoms with Gasteiger partial charge in [-0.05, 0) is 12.8 Å². The van der Waals surface area contributed by atoms with E-state index in [-0.39, 0.29) is 46.5 Å². The van der Waals surface area contributed by atoms with Crippen LogP contribution in [0.4, 0.5) is 0 Å². The minimum Gasteiger partial charge on any atom is -1.00 e. The molecule has 1 N–H and O–H groups in total. The Bertz CT molecular complexity index is 307. The Morgan fingerprint density at radius 2 is 1.61 bits per heavy atom. The molecule has 0 aromatic heterocycles. The second kappa shape index (κ2) is 9.47. The smallest absolute Gasteiger partial charge is 1.00 e. The zero-order valence-corrected chi connectivity index (χ0v) is 14.5. The Morgan fingerprint density at radius 3 is 2.06 bits per heavy atom. The monoisotopic (exact) mass is 322 g/mol. The fourth-order valence-corrected chi connectivity index (χ4v) is 2.73. The molecule has 0 heterocycles. The average Bonchev–Trinajstić information content (AvgIpc) is 2.47. The van der Waals surface area contributed by atoms with Gasteiger partial charge in [-0.3, -0.25) is 6.08 Å². The second-order valence-electron chi connectivity index (χ2n) is 5.01. The molecule has 0 saturated heterocycles. The van der Waals surface area contributed by atoms with E-state index >= 15 is 0 Å². The van der Waals surface area contributed by atoms with Crippen molar-refractivity contribution in [3.8, 4) is 0 Å². The standard InChI is InChI=1S/C14H22N.2ClH.Ti/c1-10-9-11(2)14(12(10)3)15-13-7-5-4-6-8-13;;;/h11,13,15H,4-8H2,1-3H3;2*1H;/q-1;;;+3/p-2. The molecule has 1 nitrogen and oxygen atoms in total. The van der Waals surface area contributed by atoms with Gasteiger partial charge < -0.3 is 30.1 Å². The van der Waals surface area contributed by atoms with E-state index in [1.807, 2.05) is 0 Å². The van der Waals surface area contributed by atoms with Gasteiger partial charge in [-0.1, -0.05) is 44.7 Å². The summed E-state index contributed by atoms with van der Waals surface area (Å²) in [4.78, 5) is 0. The third-order valence-corrected chi connectivity index (χ3v) is 3.80. The molecule has 1 saturated carbocycles. The Labute approximate surface area is 139 Å². The van der Waals surface area contributed by atoms with E-state index in [0.29, 0.717) is 5.92 Å². The number of halogens is 2. The Hall–Kier alpha value is 0.574. The third kappa shape index (κ3) is 4.92. The third-order valence-electron chi connectivity index (χ3n) is 3.80. The first-order valence-electron chi connectivity index (χ1n) is 6.26. The summed E-state index contributed by atoms with van der Waals surface area (Å²) < 4.78 is 0.